The number of esters is 1. The standard InChI is InChI=1S/C11H22O2.H4Si/c1-3-5-6-7-8-9-10-13-11(12)4-2;/h3-10H2,1-2H3;1H4. The van der Waals surface area contributed by atoms with E-state index in [0.29, 0.717) is 13.0 Å². The van der Waals surface area contributed by atoms with Crippen LogP contribution in [0.3, 0.4) is 0 Å². The van der Waals surface area contributed by atoms with E-state index in [1.54, 1.807) is 0 Å². The fourth-order valence-electron chi connectivity index (χ4n) is 1.17. The second-order valence-electron chi connectivity index (χ2n) is 3.34. The van der Waals surface area contributed by atoms with E-state index in [9.17, 15) is 4.79 Å². The van der Waals surface area contributed by atoms with Crippen molar-refractivity contribution in [3.8, 4) is 0 Å². The minimum absolute atomic E-state index is 0. The Balaban J connectivity index is 0. The molecule has 0 heterocycles. The molecular formula is C11H26O2Si. The van der Waals surface area contributed by atoms with Gasteiger partial charge in [-0.25, -0.2) is 0 Å². The van der Waals surface area contributed by atoms with Gasteiger partial charge in [-0.15, -0.1) is 0 Å². The van der Waals surface area contributed by atoms with Crippen molar-refractivity contribution in [2.24, 2.45) is 0 Å². The molecule has 0 bridgehead atoms. The zero-order valence-corrected chi connectivity index (χ0v) is 8.97. The van der Waals surface area contributed by atoms with Crippen molar-refractivity contribution in [2.75, 3.05) is 6.61 Å². The van der Waals surface area contributed by atoms with Gasteiger partial charge in [0, 0.05) is 6.42 Å². The first-order valence-electron chi connectivity index (χ1n) is 5.46. The van der Waals surface area contributed by atoms with Crippen LogP contribution in [-0.4, -0.2) is 23.5 Å². The largest absolute Gasteiger partial charge is 0.466 e. The molecular weight excluding hydrogens is 192 g/mol. The quantitative estimate of drug-likeness (QED) is 0.353. The van der Waals surface area contributed by atoms with E-state index < -0.39 is 0 Å². The Bertz CT molecular complexity index is 126. The van der Waals surface area contributed by atoms with Crippen LogP contribution in [0.25, 0.3) is 0 Å². The molecule has 0 aliphatic carbocycles. The summed E-state index contributed by atoms with van der Waals surface area (Å²) in [6, 6.07) is 0. The molecule has 0 saturated carbocycles. The Hall–Kier alpha value is -0.313. The number of hydrogen-bond acceptors (Lipinski definition) is 2. The van der Waals surface area contributed by atoms with Gasteiger partial charge < -0.3 is 4.74 Å². The van der Waals surface area contributed by atoms with Crippen LogP contribution in [0.15, 0.2) is 0 Å². The Labute approximate surface area is 92.4 Å². The zero-order chi connectivity index (χ0) is 9.94. The lowest BCUT2D eigenvalue weighted by Crippen LogP contribution is -2.03. The maximum Gasteiger partial charge on any atom is 0.305 e. The lowest BCUT2D eigenvalue weighted by molar-refractivity contribution is -0.143. The van der Waals surface area contributed by atoms with Gasteiger partial charge in [0.1, 0.15) is 0 Å². The van der Waals surface area contributed by atoms with Crippen LogP contribution < -0.4 is 0 Å². The monoisotopic (exact) mass is 218 g/mol. The lowest BCUT2D eigenvalue weighted by atomic mass is 10.1. The fourth-order valence-corrected chi connectivity index (χ4v) is 1.17. The number of hydrogen-bond donors (Lipinski definition) is 0. The van der Waals surface area contributed by atoms with Crippen molar-refractivity contribution in [3.05, 3.63) is 0 Å². The Kier molecular flexibility index (Phi) is 14.6. The topological polar surface area (TPSA) is 26.3 Å². The van der Waals surface area contributed by atoms with E-state index in [1.165, 1.54) is 32.1 Å². The highest BCUT2D eigenvalue weighted by atomic mass is 28.1. The molecule has 0 amide bonds. The molecule has 0 N–H and O–H groups in total. The van der Waals surface area contributed by atoms with Crippen LogP contribution in [0.4, 0.5) is 0 Å². The third-order valence-electron chi connectivity index (χ3n) is 2.05. The summed E-state index contributed by atoms with van der Waals surface area (Å²) in [6.07, 6.45) is 7.91. The highest BCUT2D eigenvalue weighted by molar-refractivity contribution is 5.75. The normalized spacial score (nSPS) is 9.29. The van der Waals surface area contributed by atoms with Crippen LogP contribution in [0, 0.1) is 0 Å². The van der Waals surface area contributed by atoms with Gasteiger partial charge in [-0.2, -0.15) is 0 Å². The van der Waals surface area contributed by atoms with Crippen LogP contribution >= 0.6 is 0 Å². The first-order chi connectivity index (χ1) is 6.31. The van der Waals surface area contributed by atoms with Crippen LogP contribution in [0.1, 0.15) is 58.8 Å². The van der Waals surface area contributed by atoms with E-state index in [1.807, 2.05) is 6.92 Å². The molecule has 0 rings (SSSR count). The smallest absolute Gasteiger partial charge is 0.305 e. The van der Waals surface area contributed by atoms with Crippen LogP contribution in [0.2, 0.25) is 0 Å². The zero-order valence-electron chi connectivity index (χ0n) is 8.97. The van der Waals surface area contributed by atoms with Crippen molar-refractivity contribution < 1.29 is 9.53 Å². The molecule has 0 aliphatic rings. The first kappa shape index (κ1) is 16.1. The van der Waals surface area contributed by atoms with Crippen LogP contribution in [-0.2, 0) is 9.53 Å². The molecule has 86 valence electrons. The Morgan fingerprint density at radius 2 is 1.57 bits per heavy atom. The molecule has 0 saturated heterocycles. The number of ether oxygens (including phenoxy) is 1. The van der Waals surface area contributed by atoms with Crippen LogP contribution in [0.5, 0.6) is 0 Å². The van der Waals surface area contributed by atoms with Gasteiger partial charge in [0.2, 0.25) is 0 Å². The van der Waals surface area contributed by atoms with Crippen molar-refractivity contribution >= 4 is 16.9 Å². The van der Waals surface area contributed by atoms with Crippen molar-refractivity contribution in [2.45, 2.75) is 58.8 Å². The molecule has 0 aromatic rings. The van der Waals surface area contributed by atoms with Gasteiger partial charge in [0.15, 0.2) is 0 Å². The van der Waals surface area contributed by atoms with E-state index in [2.05, 4.69) is 6.92 Å². The van der Waals surface area contributed by atoms with Crippen molar-refractivity contribution in [1.82, 2.24) is 0 Å². The number of carbonyl (C=O) groups is 1. The van der Waals surface area contributed by atoms with Gasteiger partial charge >= 0.3 is 5.97 Å². The average molecular weight is 218 g/mol. The van der Waals surface area contributed by atoms with Gasteiger partial charge in [0.25, 0.3) is 0 Å². The summed E-state index contributed by atoms with van der Waals surface area (Å²) < 4.78 is 4.96. The summed E-state index contributed by atoms with van der Waals surface area (Å²) >= 11 is 0. The number of unbranched alkanes of at least 4 members (excludes halogenated alkanes) is 5. The molecule has 2 nitrogen and oxygen atoms in total. The molecule has 0 fully saturated rings. The van der Waals surface area contributed by atoms with E-state index in [0.717, 1.165) is 6.42 Å². The molecule has 0 radical (unpaired) electrons. The lowest BCUT2D eigenvalue weighted by Gasteiger charge is -2.02. The summed E-state index contributed by atoms with van der Waals surface area (Å²) in [6.45, 7) is 4.64. The van der Waals surface area contributed by atoms with Crippen molar-refractivity contribution in [1.29, 1.82) is 0 Å². The minimum atomic E-state index is -0.0754. The summed E-state index contributed by atoms with van der Waals surface area (Å²) in [4.78, 5) is 10.7. The molecule has 0 atom stereocenters. The Morgan fingerprint density at radius 3 is 2.14 bits per heavy atom. The molecule has 0 aromatic heterocycles. The summed E-state index contributed by atoms with van der Waals surface area (Å²) in [5.74, 6) is -0.0754. The van der Waals surface area contributed by atoms with Gasteiger partial charge in [-0.3, -0.25) is 4.79 Å². The summed E-state index contributed by atoms with van der Waals surface area (Å²) in [7, 11) is 0. The molecule has 0 spiro atoms. The molecule has 14 heavy (non-hydrogen) atoms. The average Bonchev–Trinajstić information content (AvgIpc) is 2.16. The van der Waals surface area contributed by atoms with Gasteiger partial charge in [0.05, 0.1) is 6.61 Å². The maximum atomic E-state index is 10.7. The predicted octanol–water partition coefficient (Wildman–Crippen LogP) is 1.85. The second kappa shape index (κ2) is 12.7. The predicted molar refractivity (Wildman–Crippen MR) is 66.0 cm³/mol. The highest BCUT2D eigenvalue weighted by Crippen LogP contribution is 2.04. The van der Waals surface area contributed by atoms with Gasteiger partial charge in [-0.1, -0.05) is 46.0 Å². The maximum absolute atomic E-state index is 10.7. The van der Waals surface area contributed by atoms with Crippen molar-refractivity contribution in [3.63, 3.8) is 0 Å². The van der Waals surface area contributed by atoms with E-state index in [-0.39, 0.29) is 16.9 Å². The molecule has 3 heteroatoms. The molecule has 0 aliphatic heterocycles. The fraction of sp³-hybridized carbons (Fsp3) is 0.909. The number of rotatable bonds is 8. The number of carbonyl (C=O) groups excluding carboxylic acids is 1. The highest BCUT2D eigenvalue weighted by Gasteiger charge is 1.96. The molecule has 0 unspecified atom stereocenters. The van der Waals surface area contributed by atoms with E-state index >= 15 is 0 Å². The Morgan fingerprint density at radius 1 is 1.00 bits per heavy atom. The first-order valence-corrected chi connectivity index (χ1v) is 5.46. The van der Waals surface area contributed by atoms with Gasteiger partial charge in [-0.05, 0) is 17.4 Å². The van der Waals surface area contributed by atoms with E-state index in [4.69, 9.17) is 4.74 Å². The third-order valence-corrected chi connectivity index (χ3v) is 2.05. The SMILES string of the molecule is CCCCCCCCOC(=O)CC.[SiH4]. The molecule has 0 aromatic carbocycles. The summed E-state index contributed by atoms with van der Waals surface area (Å²) in [5, 5.41) is 0. The minimum Gasteiger partial charge on any atom is -0.466 e. The summed E-state index contributed by atoms with van der Waals surface area (Å²) in [5.41, 5.74) is 0. The third kappa shape index (κ3) is 11.7. The second-order valence-corrected chi connectivity index (χ2v) is 3.34.